The molecule has 0 atom stereocenters. The van der Waals surface area contributed by atoms with Crippen molar-refractivity contribution >= 4 is 16.0 Å². The van der Waals surface area contributed by atoms with Crippen LogP contribution in [0.4, 0.5) is 4.39 Å². The second-order valence-corrected chi connectivity index (χ2v) is 6.96. The number of rotatable bonds is 6. The van der Waals surface area contributed by atoms with Gasteiger partial charge in [-0.3, -0.25) is 0 Å². The Balaban J connectivity index is 2.42. The first-order valence-electron chi connectivity index (χ1n) is 7.32. The third-order valence-electron chi connectivity index (χ3n) is 3.51. The summed E-state index contributed by atoms with van der Waals surface area (Å²) in [5, 5.41) is 0. The van der Waals surface area contributed by atoms with Crippen LogP contribution in [-0.2, 0) is 21.3 Å². The van der Waals surface area contributed by atoms with Crippen molar-refractivity contribution in [2.24, 2.45) is 0 Å². The van der Waals surface area contributed by atoms with E-state index in [0.29, 0.717) is 5.56 Å². The van der Waals surface area contributed by atoms with Gasteiger partial charge in [-0.1, -0.05) is 31.2 Å². The van der Waals surface area contributed by atoms with E-state index in [0.717, 1.165) is 0 Å². The second-order valence-electron chi connectivity index (χ2n) is 5.05. The van der Waals surface area contributed by atoms with Crippen molar-refractivity contribution in [3.63, 3.8) is 0 Å². The topological polar surface area (TPSA) is 63.7 Å². The molecule has 0 heterocycles. The van der Waals surface area contributed by atoms with Crippen LogP contribution in [0.1, 0.15) is 22.8 Å². The molecular formula is C17H18FNO4S. The molecular weight excluding hydrogens is 333 g/mol. The third-order valence-corrected chi connectivity index (χ3v) is 5.49. The summed E-state index contributed by atoms with van der Waals surface area (Å²) in [5.41, 5.74) is 0.494. The fourth-order valence-corrected chi connectivity index (χ4v) is 3.93. The molecule has 0 amide bonds. The summed E-state index contributed by atoms with van der Waals surface area (Å²) in [6.07, 6.45) is 0. The number of hydrogen-bond donors (Lipinski definition) is 0. The fourth-order valence-electron chi connectivity index (χ4n) is 2.31. The van der Waals surface area contributed by atoms with Gasteiger partial charge >= 0.3 is 5.97 Å². The van der Waals surface area contributed by atoms with Gasteiger partial charge < -0.3 is 4.74 Å². The Morgan fingerprint density at radius 1 is 1.17 bits per heavy atom. The Hall–Kier alpha value is -2.25. The molecule has 2 aromatic carbocycles. The van der Waals surface area contributed by atoms with Gasteiger partial charge in [0.05, 0.1) is 17.6 Å². The highest BCUT2D eigenvalue weighted by atomic mass is 32.2. The van der Waals surface area contributed by atoms with Gasteiger partial charge in [0.2, 0.25) is 10.0 Å². The van der Waals surface area contributed by atoms with Crippen LogP contribution in [-0.4, -0.2) is 32.3 Å². The van der Waals surface area contributed by atoms with Crippen LogP contribution < -0.4 is 0 Å². The molecule has 24 heavy (non-hydrogen) atoms. The minimum Gasteiger partial charge on any atom is -0.465 e. The molecule has 2 rings (SSSR count). The Bertz CT molecular complexity index is 836. The number of halogens is 1. The number of sulfonamides is 1. The van der Waals surface area contributed by atoms with Crippen molar-refractivity contribution in [2.45, 2.75) is 18.4 Å². The first kappa shape index (κ1) is 18.1. The average molecular weight is 351 g/mol. The predicted octanol–water partition coefficient (Wildman–Crippen LogP) is 2.82. The summed E-state index contributed by atoms with van der Waals surface area (Å²) in [5.74, 6) is -1.16. The summed E-state index contributed by atoms with van der Waals surface area (Å²) in [6.45, 7) is 1.86. The molecule has 0 saturated heterocycles. The van der Waals surface area contributed by atoms with Gasteiger partial charge in [0.1, 0.15) is 5.82 Å². The lowest BCUT2D eigenvalue weighted by atomic mass is 10.2. The van der Waals surface area contributed by atoms with Gasteiger partial charge in [-0.05, 0) is 29.8 Å². The summed E-state index contributed by atoms with van der Waals surface area (Å²) in [7, 11) is -2.75. The number of esters is 1. The molecule has 0 N–H and O–H groups in total. The van der Waals surface area contributed by atoms with Crippen LogP contribution in [0.3, 0.4) is 0 Å². The normalized spacial score (nSPS) is 11.5. The van der Waals surface area contributed by atoms with Crippen LogP contribution in [0, 0.1) is 5.82 Å². The minimum absolute atomic E-state index is 0.00605. The zero-order valence-corrected chi connectivity index (χ0v) is 14.2. The summed E-state index contributed by atoms with van der Waals surface area (Å²) in [6, 6.07) is 11.6. The van der Waals surface area contributed by atoms with Gasteiger partial charge in [0, 0.05) is 13.1 Å². The number of benzene rings is 2. The van der Waals surface area contributed by atoms with Crippen LogP contribution in [0.15, 0.2) is 53.4 Å². The predicted molar refractivity (Wildman–Crippen MR) is 87.5 cm³/mol. The highest BCUT2D eigenvalue weighted by molar-refractivity contribution is 7.89. The van der Waals surface area contributed by atoms with Crippen LogP contribution in [0.25, 0.3) is 0 Å². The second kappa shape index (κ2) is 7.55. The average Bonchev–Trinajstić information content (AvgIpc) is 2.58. The summed E-state index contributed by atoms with van der Waals surface area (Å²) >= 11 is 0. The monoisotopic (exact) mass is 351 g/mol. The van der Waals surface area contributed by atoms with Crippen molar-refractivity contribution in [3.05, 3.63) is 65.5 Å². The highest BCUT2D eigenvalue weighted by Gasteiger charge is 2.28. The largest absolute Gasteiger partial charge is 0.465 e. The molecule has 0 unspecified atom stereocenters. The molecule has 0 aliphatic heterocycles. The van der Waals surface area contributed by atoms with E-state index >= 15 is 0 Å². The van der Waals surface area contributed by atoms with Crippen molar-refractivity contribution in [2.75, 3.05) is 13.7 Å². The van der Waals surface area contributed by atoms with E-state index in [1.54, 1.807) is 19.1 Å². The Labute approximate surface area is 140 Å². The standard InChI is InChI=1S/C17H18FNO4S/c1-3-19(12-13-7-6-8-14(18)11-13)24(21,22)16-10-5-4-9-15(16)17(20)23-2/h4-11H,3,12H2,1-2H3. The Morgan fingerprint density at radius 2 is 1.88 bits per heavy atom. The Morgan fingerprint density at radius 3 is 2.50 bits per heavy atom. The van der Waals surface area contributed by atoms with Crippen molar-refractivity contribution in [3.8, 4) is 0 Å². The molecule has 128 valence electrons. The quantitative estimate of drug-likeness (QED) is 0.751. The molecule has 0 aromatic heterocycles. The van der Waals surface area contributed by atoms with Gasteiger partial charge in [0.25, 0.3) is 0 Å². The van der Waals surface area contributed by atoms with E-state index in [2.05, 4.69) is 4.74 Å². The van der Waals surface area contributed by atoms with E-state index in [9.17, 15) is 17.6 Å². The molecule has 0 fully saturated rings. The molecule has 0 saturated carbocycles. The maximum atomic E-state index is 13.3. The SMILES string of the molecule is CCN(Cc1cccc(F)c1)S(=O)(=O)c1ccccc1C(=O)OC. The number of ether oxygens (including phenoxy) is 1. The Kier molecular flexibility index (Phi) is 5.69. The highest BCUT2D eigenvalue weighted by Crippen LogP contribution is 2.22. The molecule has 0 radical (unpaired) electrons. The van der Waals surface area contributed by atoms with Crippen LogP contribution in [0.5, 0.6) is 0 Å². The molecule has 2 aromatic rings. The number of carbonyl (C=O) groups is 1. The van der Waals surface area contributed by atoms with Gasteiger partial charge in [-0.15, -0.1) is 0 Å². The zero-order chi connectivity index (χ0) is 17.7. The van der Waals surface area contributed by atoms with E-state index in [1.165, 1.54) is 47.8 Å². The molecule has 5 nitrogen and oxygen atoms in total. The maximum Gasteiger partial charge on any atom is 0.339 e. The molecule has 0 bridgehead atoms. The van der Waals surface area contributed by atoms with E-state index in [4.69, 9.17) is 0 Å². The smallest absolute Gasteiger partial charge is 0.339 e. The first-order valence-corrected chi connectivity index (χ1v) is 8.76. The maximum absolute atomic E-state index is 13.3. The van der Waals surface area contributed by atoms with Crippen molar-refractivity contribution < 1.29 is 22.3 Å². The molecule has 7 heteroatoms. The number of methoxy groups -OCH3 is 1. The lowest BCUT2D eigenvalue weighted by molar-refractivity contribution is 0.0596. The lowest BCUT2D eigenvalue weighted by Gasteiger charge is -2.21. The molecule has 0 aliphatic carbocycles. The number of nitrogens with zero attached hydrogens (tertiary/aromatic N) is 1. The number of carbonyl (C=O) groups excluding carboxylic acids is 1. The van der Waals surface area contributed by atoms with E-state index in [-0.39, 0.29) is 23.5 Å². The summed E-state index contributed by atoms with van der Waals surface area (Å²) < 4.78 is 45.0. The third kappa shape index (κ3) is 3.80. The number of hydrogen-bond acceptors (Lipinski definition) is 4. The van der Waals surface area contributed by atoms with E-state index in [1.807, 2.05) is 0 Å². The fraction of sp³-hybridized carbons (Fsp3) is 0.235. The lowest BCUT2D eigenvalue weighted by Crippen LogP contribution is -2.31. The minimum atomic E-state index is -3.94. The van der Waals surface area contributed by atoms with Crippen LogP contribution in [0.2, 0.25) is 0 Å². The molecule has 0 spiro atoms. The zero-order valence-electron chi connectivity index (χ0n) is 13.4. The first-order chi connectivity index (χ1) is 11.4. The van der Waals surface area contributed by atoms with Gasteiger partial charge in [-0.2, -0.15) is 4.31 Å². The molecule has 0 aliphatic rings. The summed E-state index contributed by atoms with van der Waals surface area (Å²) in [4.78, 5) is 11.7. The van der Waals surface area contributed by atoms with Crippen molar-refractivity contribution in [1.29, 1.82) is 0 Å². The van der Waals surface area contributed by atoms with Gasteiger partial charge in [0.15, 0.2) is 0 Å². The van der Waals surface area contributed by atoms with Crippen molar-refractivity contribution in [1.82, 2.24) is 4.31 Å². The van der Waals surface area contributed by atoms with Gasteiger partial charge in [-0.25, -0.2) is 17.6 Å². The van der Waals surface area contributed by atoms with E-state index < -0.39 is 21.8 Å². The van der Waals surface area contributed by atoms with Crippen LogP contribution >= 0.6 is 0 Å².